The van der Waals surface area contributed by atoms with Crippen molar-refractivity contribution in [1.29, 1.82) is 0 Å². The van der Waals surface area contributed by atoms with Gasteiger partial charge in [0, 0.05) is 38.7 Å². The Labute approximate surface area is 210 Å². The quantitative estimate of drug-likeness (QED) is 0.274. The zero-order chi connectivity index (χ0) is 24.5. The van der Waals surface area contributed by atoms with E-state index in [0.717, 1.165) is 50.9 Å². The lowest BCUT2D eigenvalue weighted by molar-refractivity contribution is 0.532. The van der Waals surface area contributed by atoms with E-state index in [0.29, 0.717) is 0 Å². The van der Waals surface area contributed by atoms with Crippen LogP contribution in [0.2, 0.25) is 0 Å². The maximum atomic E-state index is 4.41. The molecule has 0 saturated carbocycles. The predicted octanol–water partition coefficient (Wildman–Crippen LogP) is 6.53. The van der Waals surface area contributed by atoms with Gasteiger partial charge in [-0.2, -0.15) is 0 Å². The predicted molar refractivity (Wildman–Crippen MR) is 149 cm³/mol. The number of hydrogen-bond acceptors (Lipinski definition) is 3. The first-order valence-corrected chi connectivity index (χ1v) is 12.7. The molecule has 3 heteroatoms. The molecule has 35 heavy (non-hydrogen) atoms. The van der Waals surface area contributed by atoms with Crippen LogP contribution in [0.1, 0.15) is 47.1 Å². The van der Waals surface area contributed by atoms with Crippen molar-refractivity contribution in [1.82, 2.24) is 15.2 Å². The molecule has 0 atom stereocenters. The number of fused-ring (bicyclic) bond motifs is 1. The largest absolute Gasteiger partial charge is 0.378 e. The van der Waals surface area contributed by atoms with Crippen LogP contribution in [-0.2, 0) is 12.8 Å². The Morgan fingerprint density at radius 3 is 2.60 bits per heavy atom. The molecule has 1 aliphatic rings. The zero-order valence-corrected chi connectivity index (χ0v) is 21.1. The first-order valence-electron chi connectivity index (χ1n) is 12.7. The number of benzene rings is 2. The van der Waals surface area contributed by atoms with E-state index >= 15 is 0 Å². The second kappa shape index (κ2) is 12.3. The summed E-state index contributed by atoms with van der Waals surface area (Å²) in [7, 11) is 4.02. The summed E-state index contributed by atoms with van der Waals surface area (Å²) >= 11 is 0. The minimum atomic E-state index is 0.872. The van der Waals surface area contributed by atoms with Crippen molar-refractivity contribution in [2.45, 2.75) is 32.1 Å². The Bertz CT molecular complexity index is 1170. The summed E-state index contributed by atoms with van der Waals surface area (Å²) < 4.78 is 0. The molecule has 0 aliphatic heterocycles. The Morgan fingerprint density at radius 1 is 1.00 bits per heavy atom. The van der Waals surface area contributed by atoms with E-state index in [9.17, 15) is 0 Å². The number of nitrogens with one attached hydrogen (secondary N) is 1. The van der Waals surface area contributed by atoms with E-state index in [2.05, 4.69) is 83.6 Å². The van der Waals surface area contributed by atoms with E-state index in [1.54, 1.807) is 0 Å². The van der Waals surface area contributed by atoms with E-state index in [4.69, 9.17) is 0 Å². The third-order valence-corrected chi connectivity index (χ3v) is 6.68. The number of aromatic nitrogens is 1. The van der Waals surface area contributed by atoms with Crippen LogP contribution >= 0.6 is 0 Å². The topological polar surface area (TPSA) is 28.2 Å². The standard InChI is InChI=1S/C32H37N3/c1-25(35(2)3)10-7-21-33-22-8-11-26-17-19-28(20-18-26)32-30-15-5-4-12-27(30)13-6-16-31(32)29-14-9-23-34-24-29/h4-5,7,9-10,12,14-15,17-20,23-24,33H,1,6,8,11,13,16,21-22H2,2-3H3/b10-7+. The molecule has 0 amide bonds. The van der Waals surface area contributed by atoms with Gasteiger partial charge in [0.25, 0.3) is 0 Å². The molecule has 0 spiro atoms. The lowest BCUT2D eigenvalue weighted by Gasteiger charge is -2.16. The fourth-order valence-corrected chi connectivity index (χ4v) is 4.67. The highest BCUT2D eigenvalue weighted by Gasteiger charge is 2.19. The molecule has 3 nitrogen and oxygen atoms in total. The first kappa shape index (κ1) is 24.7. The van der Waals surface area contributed by atoms with Gasteiger partial charge in [-0.15, -0.1) is 0 Å². The monoisotopic (exact) mass is 463 g/mol. The van der Waals surface area contributed by atoms with Gasteiger partial charge >= 0.3 is 0 Å². The molecule has 3 aromatic rings. The van der Waals surface area contributed by atoms with Gasteiger partial charge < -0.3 is 10.2 Å². The van der Waals surface area contributed by atoms with Crippen molar-refractivity contribution >= 4 is 11.1 Å². The van der Waals surface area contributed by atoms with Gasteiger partial charge in [-0.05, 0) is 89.8 Å². The first-order chi connectivity index (χ1) is 17.1. The van der Waals surface area contributed by atoms with Crippen LogP contribution in [-0.4, -0.2) is 37.1 Å². The van der Waals surface area contributed by atoms with Crippen LogP contribution in [0.25, 0.3) is 11.1 Å². The number of aryl methyl sites for hydroxylation is 2. The SMILES string of the molecule is C=C(/C=C/CNCCCc1ccc(C2=C(c3cccnc3)CCCc3ccccc32)cc1)N(C)C. The summed E-state index contributed by atoms with van der Waals surface area (Å²) in [6.45, 7) is 5.89. The van der Waals surface area contributed by atoms with E-state index in [1.807, 2.05) is 37.5 Å². The minimum Gasteiger partial charge on any atom is -0.378 e. The fraction of sp³-hybridized carbons (Fsp3) is 0.281. The van der Waals surface area contributed by atoms with Crippen molar-refractivity contribution in [3.63, 3.8) is 0 Å². The highest BCUT2D eigenvalue weighted by atomic mass is 15.1. The van der Waals surface area contributed by atoms with Crippen molar-refractivity contribution in [3.05, 3.63) is 125 Å². The van der Waals surface area contributed by atoms with Gasteiger partial charge in [-0.3, -0.25) is 4.98 Å². The highest BCUT2D eigenvalue weighted by molar-refractivity contribution is 5.99. The molecule has 0 fully saturated rings. The molecule has 0 bridgehead atoms. The molecule has 0 saturated heterocycles. The summed E-state index contributed by atoms with van der Waals surface area (Å²) in [5, 5.41) is 3.50. The maximum absolute atomic E-state index is 4.41. The van der Waals surface area contributed by atoms with Crippen LogP contribution in [0.4, 0.5) is 0 Å². The van der Waals surface area contributed by atoms with Crippen molar-refractivity contribution < 1.29 is 0 Å². The number of rotatable bonds is 10. The van der Waals surface area contributed by atoms with Gasteiger partial charge in [0.1, 0.15) is 0 Å². The minimum absolute atomic E-state index is 0.872. The second-order valence-electron chi connectivity index (χ2n) is 9.40. The molecular formula is C32H37N3. The number of pyridine rings is 1. The van der Waals surface area contributed by atoms with Crippen molar-refractivity contribution in [3.8, 4) is 0 Å². The lowest BCUT2D eigenvalue weighted by Crippen LogP contribution is -2.16. The van der Waals surface area contributed by atoms with Gasteiger partial charge in [0.05, 0.1) is 0 Å². The van der Waals surface area contributed by atoms with Crippen LogP contribution < -0.4 is 5.32 Å². The van der Waals surface area contributed by atoms with E-state index in [-0.39, 0.29) is 0 Å². The highest BCUT2D eigenvalue weighted by Crippen LogP contribution is 2.39. The molecule has 0 unspecified atom stereocenters. The third kappa shape index (κ3) is 6.58. The average molecular weight is 464 g/mol. The maximum Gasteiger partial charge on any atom is 0.0343 e. The molecule has 1 aliphatic carbocycles. The summed E-state index contributed by atoms with van der Waals surface area (Å²) in [4.78, 5) is 6.43. The van der Waals surface area contributed by atoms with Crippen LogP contribution in [0.15, 0.2) is 97.5 Å². The van der Waals surface area contributed by atoms with E-state index in [1.165, 1.54) is 39.0 Å². The normalized spacial score (nSPS) is 13.5. The Kier molecular flexibility index (Phi) is 8.69. The summed E-state index contributed by atoms with van der Waals surface area (Å²) in [5.74, 6) is 0. The molecule has 2 aromatic carbocycles. The average Bonchev–Trinajstić information content (AvgIpc) is 3.08. The van der Waals surface area contributed by atoms with Crippen LogP contribution in [0.3, 0.4) is 0 Å². The summed E-state index contributed by atoms with van der Waals surface area (Å²) in [6, 6.07) is 22.4. The number of hydrogen-bond donors (Lipinski definition) is 1. The molecule has 1 aromatic heterocycles. The van der Waals surface area contributed by atoms with Crippen molar-refractivity contribution in [2.24, 2.45) is 0 Å². The molecule has 4 rings (SSSR count). The molecular weight excluding hydrogens is 426 g/mol. The molecule has 180 valence electrons. The Balaban J connectivity index is 1.46. The summed E-state index contributed by atoms with van der Waals surface area (Å²) in [6.07, 6.45) is 13.6. The van der Waals surface area contributed by atoms with Crippen molar-refractivity contribution in [2.75, 3.05) is 27.2 Å². The molecule has 1 heterocycles. The van der Waals surface area contributed by atoms with Gasteiger partial charge in [-0.25, -0.2) is 0 Å². The van der Waals surface area contributed by atoms with E-state index < -0.39 is 0 Å². The smallest absolute Gasteiger partial charge is 0.0343 e. The summed E-state index contributed by atoms with van der Waals surface area (Å²) in [5.41, 5.74) is 10.5. The van der Waals surface area contributed by atoms with Gasteiger partial charge in [0.2, 0.25) is 0 Å². The number of likely N-dealkylation sites (N-methyl/N-ethyl adjacent to an activating group) is 1. The third-order valence-electron chi connectivity index (χ3n) is 6.68. The van der Waals surface area contributed by atoms with Gasteiger partial charge in [0.15, 0.2) is 0 Å². The van der Waals surface area contributed by atoms with Crippen LogP contribution in [0, 0.1) is 0 Å². The van der Waals surface area contributed by atoms with Crippen LogP contribution in [0.5, 0.6) is 0 Å². The molecule has 0 radical (unpaired) electrons. The number of allylic oxidation sites excluding steroid dienone is 2. The molecule has 1 N–H and O–H groups in total. The Hall–Kier alpha value is -3.43. The van der Waals surface area contributed by atoms with Gasteiger partial charge in [-0.1, -0.05) is 67.3 Å². The fourth-order valence-electron chi connectivity index (χ4n) is 4.67. The number of nitrogens with zero attached hydrogens (tertiary/aromatic N) is 2. The lowest BCUT2D eigenvalue weighted by atomic mass is 9.88. The zero-order valence-electron chi connectivity index (χ0n) is 21.1. The Morgan fingerprint density at radius 2 is 1.83 bits per heavy atom. The second-order valence-corrected chi connectivity index (χ2v) is 9.40.